The fourth-order valence-corrected chi connectivity index (χ4v) is 2.25. The lowest BCUT2D eigenvalue weighted by molar-refractivity contribution is 0.771. The van der Waals surface area contributed by atoms with Crippen molar-refractivity contribution in [3.63, 3.8) is 0 Å². The third-order valence-electron chi connectivity index (χ3n) is 3.62. The molecule has 2 unspecified atom stereocenters. The van der Waals surface area contributed by atoms with E-state index in [0.717, 1.165) is 41.9 Å². The van der Waals surface area contributed by atoms with E-state index in [1.54, 1.807) is 0 Å². The fraction of sp³-hybridized carbons (Fsp3) is 0.714. The van der Waals surface area contributed by atoms with Gasteiger partial charge in [-0.05, 0) is 26.2 Å². The minimum atomic E-state index is 0.614. The van der Waals surface area contributed by atoms with Gasteiger partial charge in [0, 0.05) is 24.6 Å². The van der Waals surface area contributed by atoms with Gasteiger partial charge in [-0.1, -0.05) is 20.3 Å². The maximum absolute atomic E-state index is 4.62. The molecule has 1 aromatic heterocycles. The van der Waals surface area contributed by atoms with Crippen molar-refractivity contribution in [3.8, 4) is 0 Å². The quantitative estimate of drug-likeness (QED) is 0.812. The highest BCUT2D eigenvalue weighted by atomic mass is 15.1. The van der Waals surface area contributed by atoms with Gasteiger partial charge in [-0.15, -0.1) is 0 Å². The summed E-state index contributed by atoms with van der Waals surface area (Å²) in [6, 6.07) is 0.614. The van der Waals surface area contributed by atoms with Crippen molar-refractivity contribution in [2.45, 2.75) is 53.0 Å². The monoisotopic (exact) mass is 248 g/mol. The Morgan fingerprint density at radius 2 is 1.89 bits per heavy atom. The normalized spacial score (nSPS) is 21.8. The molecule has 1 heterocycles. The van der Waals surface area contributed by atoms with Gasteiger partial charge in [-0.3, -0.25) is 0 Å². The van der Waals surface area contributed by atoms with Gasteiger partial charge in [-0.25, -0.2) is 9.97 Å². The number of anilines is 2. The zero-order valence-corrected chi connectivity index (χ0v) is 11.9. The Labute approximate surface area is 110 Å². The molecule has 4 heteroatoms. The molecule has 0 spiro atoms. The van der Waals surface area contributed by atoms with E-state index in [1.165, 1.54) is 12.8 Å². The number of aryl methyl sites for hydroxylation is 1. The van der Waals surface area contributed by atoms with Crippen LogP contribution in [0.4, 0.5) is 11.6 Å². The average molecular weight is 248 g/mol. The van der Waals surface area contributed by atoms with E-state index in [4.69, 9.17) is 0 Å². The first-order valence-electron chi connectivity index (χ1n) is 7.07. The number of hydrogen-bond acceptors (Lipinski definition) is 4. The van der Waals surface area contributed by atoms with Crippen LogP contribution < -0.4 is 10.6 Å². The molecule has 2 atom stereocenters. The van der Waals surface area contributed by atoms with Gasteiger partial charge in [0.15, 0.2) is 0 Å². The van der Waals surface area contributed by atoms with Crippen LogP contribution >= 0.6 is 0 Å². The van der Waals surface area contributed by atoms with Crippen LogP contribution in [0.15, 0.2) is 0 Å². The molecule has 1 fully saturated rings. The highest BCUT2D eigenvalue weighted by Gasteiger charge is 2.35. The third kappa shape index (κ3) is 2.74. The number of hydrogen-bond donors (Lipinski definition) is 2. The Morgan fingerprint density at radius 3 is 2.44 bits per heavy atom. The van der Waals surface area contributed by atoms with Crippen LogP contribution in [0.3, 0.4) is 0 Å². The zero-order chi connectivity index (χ0) is 13.1. The largest absolute Gasteiger partial charge is 0.370 e. The molecule has 1 aromatic rings. The van der Waals surface area contributed by atoms with Gasteiger partial charge < -0.3 is 10.6 Å². The molecule has 4 nitrogen and oxygen atoms in total. The highest BCUT2D eigenvalue weighted by Crippen LogP contribution is 2.36. The lowest BCUT2D eigenvalue weighted by Crippen LogP contribution is -2.13. The second kappa shape index (κ2) is 5.55. The smallest absolute Gasteiger partial charge is 0.135 e. The Bertz CT molecular complexity index is 417. The molecule has 100 valence electrons. The Hall–Kier alpha value is -1.32. The number of nitrogens with zero attached hydrogens (tertiary/aromatic N) is 2. The van der Waals surface area contributed by atoms with Gasteiger partial charge >= 0.3 is 0 Å². The molecule has 0 aliphatic heterocycles. The molecule has 0 amide bonds. The van der Waals surface area contributed by atoms with Gasteiger partial charge in [0.1, 0.15) is 17.5 Å². The molecule has 1 aliphatic rings. The maximum atomic E-state index is 4.62. The molecule has 0 saturated heterocycles. The van der Waals surface area contributed by atoms with E-state index in [1.807, 2.05) is 0 Å². The van der Waals surface area contributed by atoms with Crippen molar-refractivity contribution in [1.29, 1.82) is 0 Å². The van der Waals surface area contributed by atoms with Gasteiger partial charge in [0.2, 0.25) is 0 Å². The van der Waals surface area contributed by atoms with E-state index >= 15 is 0 Å². The van der Waals surface area contributed by atoms with Crippen molar-refractivity contribution in [2.75, 3.05) is 17.2 Å². The van der Waals surface area contributed by atoms with Crippen molar-refractivity contribution in [3.05, 3.63) is 11.4 Å². The Kier molecular flexibility index (Phi) is 4.04. The lowest BCUT2D eigenvalue weighted by Gasteiger charge is -2.14. The summed E-state index contributed by atoms with van der Waals surface area (Å²) >= 11 is 0. The molecule has 1 aliphatic carbocycles. The van der Waals surface area contributed by atoms with Crippen molar-refractivity contribution >= 4 is 11.6 Å². The molecule has 2 N–H and O–H groups in total. The highest BCUT2D eigenvalue weighted by molar-refractivity contribution is 5.58. The molecular weight excluding hydrogens is 224 g/mol. The van der Waals surface area contributed by atoms with Crippen molar-refractivity contribution in [2.24, 2.45) is 5.92 Å². The Balaban J connectivity index is 2.19. The van der Waals surface area contributed by atoms with Crippen LogP contribution in [0.1, 0.15) is 45.0 Å². The summed E-state index contributed by atoms with van der Waals surface area (Å²) in [5.41, 5.74) is 1.14. The molecule has 0 aromatic carbocycles. The summed E-state index contributed by atoms with van der Waals surface area (Å²) in [6.07, 6.45) is 3.40. The van der Waals surface area contributed by atoms with Crippen molar-refractivity contribution < 1.29 is 0 Å². The summed E-state index contributed by atoms with van der Waals surface area (Å²) in [5, 5.41) is 6.89. The summed E-state index contributed by atoms with van der Waals surface area (Å²) in [7, 11) is 0. The van der Waals surface area contributed by atoms with Gasteiger partial charge in [-0.2, -0.15) is 0 Å². The minimum Gasteiger partial charge on any atom is -0.370 e. The fourth-order valence-electron chi connectivity index (χ4n) is 2.25. The van der Waals surface area contributed by atoms with Crippen molar-refractivity contribution in [1.82, 2.24) is 9.97 Å². The van der Waals surface area contributed by atoms with E-state index in [-0.39, 0.29) is 0 Å². The summed E-state index contributed by atoms with van der Waals surface area (Å²) < 4.78 is 0. The van der Waals surface area contributed by atoms with Crippen LogP contribution in [0.25, 0.3) is 0 Å². The molecule has 2 rings (SSSR count). The molecule has 1 saturated carbocycles. The molecule has 0 bridgehead atoms. The average Bonchev–Trinajstić information content (AvgIpc) is 3.12. The number of nitrogens with one attached hydrogen (secondary N) is 2. The third-order valence-corrected chi connectivity index (χ3v) is 3.62. The lowest BCUT2D eigenvalue weighted by atomic mass is 10.2. The van der Waals surface area contributed by atoms with Crippen LogP contribution in [0.2, 0.25) is 0 Å². The predicted octanol–water partition coefficient (Wildman–Crippen LogP) is 2.99. The zero-order valence-electron chi connectivity index (χ0n) is 11.9. The molecule has 0 radical (unpaired) electrons. The summed E-state index contributed by atoms with van der Waals surface area (Å²) in [6.45, 7) is 9.41. The first kappa shape index (κ1) is 13.1. The second-order valence-corrected chi connectivity index (χ2v) is 5.00. The SMILES string of the molecule is CCNc1nc(CC)nc(NC2CC2CC)c1C. The number of rotatable bonds is 6. The molecular formula is C14H24N4. The molecule has 18 heavy (non-hydrogen) atoms. The summed E-state index contributed by atoms with van der Waals surface area (Å²) in [4.78, 5) is 9.17. The first-order valence-corrected chi connectivity index (χ1v) is 7.07. The van der Waals surface area contributed by atoms with Crippen LogP contribution in [-0.2, 0) is 6.42 Å². The Morgan fingerprint density at radius 1 is 1.17 bits per heavy atom. The topological polar surface area (TPSA) is 49.8 Å². The predicted molar refractivity (Wildman–Crippen MR) is 76.1 cm³/mol. The second-order valence-electron chi connectivity index (χ2n) is 5.00. The van der Waals surface area contributed by atoms with Gasteiger partial charge in [0.05, 0.1) is 0 Å². The standard InChI is InChI=1S/C14H24N4/c1-5-10-8-11(10)16-14-9(4)13(15-7-3)17-12(6-2)18-14/h10-11H,5-8H2,1-4H3,(H2,15,16,17,18). The van der Waals surface area contributed by atoms with E-state index in [0.29, 0.717) is 6.04 Å². The van der Waals surface area contributed by atoms with Crippen LogP contribution in [-0.4, -0.2) is 22.6 Å². The van der Waals surface area contributed by atoms with E-state index in [9.17, 15) is 0 Å². The maximum Gasteiger partial charge on any atom is 0.135 e. The van der Waals surface area contributed by atoms with E-state index in [2.05, 4.69) is 48.3 Å². The minimum absolute atomic E-state index is 0.614. The number of aromatic nitrogens is 2. The van der Waals surface area contributed by atoms with Gasteiger partial charge in [0.25, 0.3) is 0 Å². The first-order chi connectivity index (χ1) is 8.69. The van der Waals surface area contributed by atoms with E-state index < -0.39 is 0 Å². The van der Waals surface area contributed by atoms with Crippen LogP contribution in [0, 0.1) is 12.8 Å². The van der Waals surface area contributed by atoms with Crippen LogP contribution in [0.5, 0.6) is 0 Å². The summed E-state index contributed by atoms with van der Waals surface area (Å²) in [5.74, 6) is 3.72.